The van der Waals surface area contributed by atoms with E-state index in [1.807, 2.05) is 12.1 Å². The van der Waals surface area contributed by atoms with E-state index in [0.717, 1.165) is 49.9 Å². The number of rotatable bonds is 4. The third-order valence-electron chi connectivity index (χ3n) is 4.42. The molecule has 0 spiro atoms. The number of benzene rings is 1. The smallest absolute Gasteiger partial charge is 0.286 e. The van der Waals surface area contributed by atoms with Gasteiger partial charge < -0.3 is 14.9 Å². The number of carbonyl (C=O) groups is 1. The van der Waals surface area contributed by atoms with Crippen molar-refractivity contribution in [2.45, 2.75) is 26.7 Å². The van der Waals surface area contributed by atoms with Crippen LogP contribution in [-0.2, 0) is 4.79 Å². The fourth-order valence-corrected chi connectivity index (χ4v) is 3.98. The Balaban J connectivity index is 1.78. The average Bonchev–Trinajstić information content (AvgIpc) is 3.21. The molecule has 1 fully saturated rings. The number of amides is 1. The first-order valence-electron chi connectivity index (χ1n) is 8.47. The molecular weight excluding hydrogens is 322 g/mol. The van der Waals surface area contributed by atoms with Crippen molar-refractivity contribution in [3.05, 3.63) is 28.7 Å². The lowest BCUT2D eigenvalue weighted by atomic mass is 10.1. The number of anilines is 1. The zero-order valence-electron chi connectivity index (χ0n) is 14.2. The summed E-state index contributed by atoms with van der Waals surface area (Å²) >= 11 is 1.41. The second-order valence-electron chi connectivity index (χ2n) is 5.92. The van der Waals surface area contributed by atoms with Gasteiger partial charge in [-0.1, -0.05) is 0 Å². The van der Waals surface area contributed by atoms with Crippen LogP contribution in [0.15, 0.2) is 28.1 Å². The third-order valence-corrected chi connectivity index (χ3v) is 5.46. The fraction of sp³-hybridized carbons (Fsp3) is 0.444. The average molecular weight is 345 g/mol. The molecule has 2 heterocycles. The van der Waals surface area contributed by atoms with Crippen LogP contribution in [0.5, 0.6) is 5.75 Å². The summed E-state index contributed by atoms with van der Waals surface area (Å²) in [7, 11) is 0. The second-order valence-corrected chi connectivity index (χ2v) is 6.93. The summed E-state index contributed by atoms with van der Waals surface area (Å²) in [6, 6.07) is 5.59. The van der Waals surface area contributed by atoms with Crippen LogP contribution in [0.2, 0.25) is 0 Å². The van der Waals surface area contributed by atoms with Gasteiger partial charge in [0.2, 0.25) is 0 Å². The summed E-state index contributed by atoms with van der Waals surface area (Å²) in [5.41, 5.74) is 1.64. The van der Waals surface area contributed by atoms with E-state index < -0.39 is 0 Å². The highest BCUT2D eigenvalue weighted by atomic mass is 32.2. The number of carbonyl (C=O) groups excluding carboxylic acids is 1. The minimum atomic E-state index is -0.214. The third kappa shape index (κ3) is 3.43. The van der Waals surface area contributed by atoms with E-state index in [9.17, 15) is 9.90 Å². The molecule has 5 nitrogen and oxygen atoms in total. The van der Waals surface area contributed by atoms with Crippen molar-refractivity contribution in [3.63, 3.8) is 0 Å². The first-order chi connectivity index (χ1) is 11.6. The van der Waals surface area contributed by atoms with Crippen molar-refractivity contribution in [2.24, 2.45) is 4.99 Å². The van der Waals surface area contributed by atoms with E-state index in [1.165, 1.54) is 11.8 Å². The van der Waals surface area contributed by atoms with Crippen LogP contribution in [0.25, 0.3) is 6.08 Å². The van der Waals surface area contributed by atoms with E-state index in [0.29, 0.717) is 10.5 Å². The van der Waals surface area contributed by atoms with E-state index >= 15 is 0 Å². The van der Waals surface area contributed by atoms with Crippen molar-refractivity contribution in [3.8, 4) is 5.75 Å². The Morgan fingerprint density at radius 2 is 2.00 bits per heavy atom. The van der Waals surface area contributed by atoms with Gasteiger partial charge in [0.25, 0.3) is 5.91 Å². The van der Waals surface area contributed by atoms with E-state index in [-0.39, 0.29) is 11.7 Å². The maximum Gasteiger partial charge on any atom is 0.286 e. The SMILES string of the molecule is CCN(CC)c1ccc(/C=C2\SC(N3CCCC3)=NC2=O)c(O)c1. The number of amidine groups is 1. The molecule has 24 heavy (non-hydrogen) atoms. The van der Waals surface area contributed by atoms with Gasteiger partial charge in [-0.05, 0) is 56.7 Å². The Labute approximate surface area is 147 Å². The zero-order chi connectivity index (χ0) is 17.1. The van der Waals surface area contributed by atoms with Crippen molar-refractivity contribution in [2.75, 3.05) is 31.1 Å². The van der Waals surface area contributed by atoms with Crippen molar-refractivity contribution in [1.29, 1.82) is 0 Å². The summed E-state index contributed by atoms with van der Waals surface area (Å²) in [6.45, 7) is 7.88. The minimum Gasteiger partial charge on any atom is -0.507 e. The standard InChI is InChI=1S/C18H23N3O2S/c1-3-20(4-2)14-8-7-13(15(22)12-14)11-16-17(23)19-18(24-16)21-9-5-6-10-21/h7-8,11-12,22H,3-6,9-10H2,1-2H3/b16-11-. The van der Waals surface area contributed by atoms with Gasteiger partial charge in [0.05, 0.1) is 4.91 Å². The molecule has 6 heteroatoms. The van der Waals surface area contributed by atoms with Crippen LogP contribution >= 0.6 is 11.8 Å². The number of aromatic hydroxyl groups is 1. The molecule has 3 rings (SSSR count). The molecule has 0 radical (unpaired) electrons. The van der Waals surface area contributed by atoms with Gasteiger partial charge in [0.15, 0.2) is 5.17 Å². The number of hydrogen-bond acceptors (Lipinski definition) is 5. The minimum absolute atomic E-state index is 0.190. The number of aliphatic imine (C=N–C) groups is 1. The molecule has 0 saturated carbocycles. The number of phenols is 1. The highest BCUT2D eigenvalue weighted by molar-refractivity contribution is 8.18. The predicted molar refractivity (Wildman–Crippen MR) is 100 cm³/mol. The zero-order valence-corrected chi connectivity index (χ0v) is 15.0. The molecule has 128 valence electrons. The summed E-state index contributed by atoms with van der Waals surface area (Å²) < 4.78 is 0. The number of phenolic OH excluding ortho intramolecular Hbond substituents is 1. The molecule has 1 saturated heterocycles. The van der Waals surface area contributed by atoms with Crippen molar-refractivity contribution in [1.82, 2.24) is 4.90 Å². The van der Waals surface area contributed by atoms with Crippen LogP contribution in [-0.4, -0.2) is 47.3 Å². The maximum atomic E-state index is 12.1. The molecule has 2 aliphatic heterocycles. The Hall–Kier alpha value is -1.95. The van der Waals surface area contributed by atoms with Gasteiger partial charge in [-0.2, -0.15) is 4.99 Å². The quantitative estimate of drug-likeness (QED) is 0.849. The summed E-state index contributed by atoms with van der Waals surface area (Å²) in [5.74, 6) is -0.0240. The molecule has 1 amide bonds. The van der Waals surface area contributed by atoms with Gasteiger partial charge in [0.1, 0.15) is 5.75 Å². The highest BCUT2D eigenvalue weighted by Crippen LogP contribution is 2.34. The number of likely N-dealkylation sites (tertiary alicyclic amines) is 1. The Bertz CT molecular complexity index is 690. The number of nitrogens with zero attached hydrogens (tertiary/aromatic N) is 3. The van der Waals surface area contributed by atoms with Crippen molar-refractivity contribution >= 4 is 34.6 Å². The predicted octanol–water partition coefficient (Wildman–Crippen LogP) is 3.30. The van der Waals surface area contributed by atoms with E-state index in [2.05, 4.69) is 28.6 Å². The number of hydrogen-bond donors (Lipinski definition) is 1. The van der Waals surface area contributed by atoms with Gasteiger partial charge in [-0.15, -0.1) is 0 Å². The topological polar surface area (TPSA) is 56.1 Å². The Kier molecular flexibility index (Phi) is 5.14. The van der Waals surface area contributed by atoms with Crippen LogP contribution in [0.4, 0.5) is 5.69 Å². The molecular formula is C18H23N3O2S. The molecule has 0 atom stereocenters. The molecule has 0 aromatic heterocycles. The molecule has 1 aromatic carbocycles. The van der Waals surface area contributed by atoms with Crippen LogP contribution in [0.3, 0.4) is 0 Å². The highest BCUT2D eigenvalue weighted by Gasteiger charge is 2.27. The first-order valence-corrected chi connectivity index (χ1v) is 9.29. The van der Waals surface area contributed by atoms with Crippen LogP contribution < -0.4 is 4.90 Å². The molecule has 2 aliphatic rings. The van der Waals surface area contributed by atoms with Crippen LogP contribution in [0.1, 0.15) is 32.3 Å². The second kappa shape index (κ2) is 7.30. The van der Waals surface area contributed by atoms with Crippen molar-refractivity contribution < 1.29 is 9.90 Å². The largest absolute Gasteiger partial charge is 0.507 e. The lowest BCUT2D eigenvalue weighted by Crippen LogP contribution is -2.23. The van der Waals surface area contributed by atoms with Gasteiger partial charge in [-0.25, -0.2) is 0 Å². The lowest BCUT2D eigenvalue weighted by Gasteiger charge is -2.21. The van der Waals surface area contributed by atoms with Crippen LogP contribution in [0, 0.1) is 0 Å². The maximum absolute atomic E-state index is 12.1. The Morgan fingerprint density at radius 1 is 1.29 bits per heavy atom. The van der Waals surface area contributed by atoms with E-state index in [4.69, 9.17) is 0 Å². The normalized spacial score (nSPS) is 19.2. The molecule has 1 aromatic rings. The Morgan fingerprint density at radius 3 is 2.62 bits per heavy atom. The summed E-state index contributed by atoms with van der Waals surface area (Å²) in [5, 5.41) is 11.1. The van der Waals surface area contributed by atoms with Gasteiger partial charge >= 0.3 is 0 Å². The summed E-state index contributed by atoms with van der Waals surface area (Å²) in [4.78, 5) is 21.2. The lowest BCUT2D eigenvalue weighted by molar-refractivity contribution is -0.113. The number of thioether (sulfide) groups is 1. The first kappa shape index (κ1) is 16.9. The molecule has 0 unspecified atom stereocenters. The van der Waals surface area contributed by atoms with Gasteiger partial charge in [0, 0.05) is 43.5 Å². The molecule has 0 aliphatic carbocycles. The molecule has 0 bridgehead atoms. The monoisotopic (exact) mass is 345 g/mol. The van der Waals surface area contributed by atoms with Gasteiger partial charge in [-0.3, -0.25) is 4.79 Å². The van der Waals surface area contributed by atoms with E-state index in [1.54, 1.807) is 12.1 Å². The summed E-state index contributed by atoms with van der Waals surface area (Å²) in [6.07, 6.45) is 4.04. The molecule has 1 N–H and O–H groups in total. The fourth-order valence-electron chi connectivity index (χ4n) is 3.02.